The average Bonchev–Trinajstić information content (AvgIpc) is 3.17. The second-order valence-corrected chi connectivity index (χ2v) is 5.81. The van der Waals surface area contributed by atoms with Crippen molar-refractivity contribution in [3.63, 3.8) is 0 Å². The van der Waals surface area contributed by atoms with Gasteiger partial charge >= 0.3 is 0 Å². The number of H-pyrrole nitrogens is 1. The van der Waals surface area contributed by atoms with Crippen molar-refractivity contribution in [3.8, 4) is 0 Å². The number of hydrogen-bond donors (Lipinski definition) is 1. The van der Waals surface area contributed by atoms with Crippen LogP contribution in [0.15, 0.2) is 17.8 Å². The first-order valence-electron chi connectivity index (χ1n) is 7.14. The minimum atomic E-state index is 0.0774. The molecule has 112 valence electrons. The van der Waals surface area contributed by atoms with Gasteiger partial charge in [-0.1, -0.05) is 6.92 Å². The highest BCUT2D eigenvalue weighted by Gasteiger charge is 2.32. The van der Waals surface area contributed by atoms with Gasteiger partial charge in [-0.05, 0) is 25.0 Å². The fraction of sp³-hybridized carbons (Fsp3) is 0.500. The van der Waals surface area contributed by atoms with Gasteiger partial charge in [-0.15, -0.1) is 0 Å². The van der Waals surface area contributed by atoms with Gasteiger partial charge in [-0.2, -0.15) is 4.37 Å². The van der Waals surface area contributed by atoms with Gasteiger partial charge in [-0.25, -0.2) is 4.98 Å². The SMILES string of the molecule is CCN1CCN(C(=O)c2csnc2C)CC1c1ncc[nH]1. The van der Waals surface area contributed by atoms with Crippen molar-refractivity contribution >= 4 is 17.4 Å². The van der Waals surface area contributed by atoms with Crippen molar-refractivity contribution in [2.45, 2.75) is 19.9 Å². The van der Waals surface area contributed by atoms with Crippen LogP contribution in [-0.4, -0.2) is 56.2 Å². The van der Waals surface area contributed by atoms with Crippen LogP contribution < -0.4 is 0 Å². The largest absolute Gasteiger partial charge is 0.347 e. The van der Waals surface area contributed by atoms with Gasteiger partial charge in [0.05, 0.1) is 17.3 Å². The molecule has 3 heterocycles. The van der Waals surface area contributed by atoms with Crippen LogP contribution in [0.25, 0.3) is 0 Å². The van der Waals surface area contributed by atoms with E-state index in [2.05, 4.69) is 26.2 Å². The minimum Gasteiger partial charge on any atom is -0.347 e. The number of aromatic nitrogens is 3. The monoisotopic (exact) mass is 305 g/mol. The fourth-order valence-corrected chi connectivity index (χ4v) is 3.46. The third-order valence-electron chi connectivity index (χ3n) is 4.00. The lowest BCUT2D eigenvalue weighted by Gasteiger charge is -2.40. The van der Waals surface area contributed by atoms with Gasteiger partial charge in [0.1, 0.15) is 5.82 Å². The van der Waals surface area contributed by atoms with E-state index in [0.29, 0.717) is 6.54 Å². The van der Waals surface area contributed by atoms with Gasteiger partial charge in [0.25, 0.3) is 5.91 Å². The third-order valence-corrected chi connectivity index (χ3v) is 4.72. The van der Waals surface area contributed by atoms with Crippen molar-refractivity contribution < 1.29 is 4.79 Å². The van der Waals surface area contributed by atoms with Crippen molar-refractivity contribution in [1.82, 2.24) is 24.1 Å². The number of amides is 1. The van der Waals surface area contributed by atoms with E-state index in [1.165, 1.54) is 11.5 Å². The van der Waals surface area contributed by atoms with E-state index in [1.54, 1.807) is 6.20 Å². The Hall–Kier alpha value is -1.73. The lowest BCUT2D eigenvalue weighted by Crippen LogP contribution is -2.50. The first kappa shape index (κ1) is 14.2. The summed E-state index contributed by atoms with van der Waals surface area (Å²) < 4.78 is 4.20. The highest BCUT2D eigenvalue weighted by atomic mass is 32.1. The molecule has 1 atom stereocenters. The Morgan fingerprint density at radius 1 is 1.52 bits per heavy atom. The number of aromatic amines is 1. The number of carbonyl (C=O) groups excluding carboxylic acids is 1. The van der Waals surface area contributed by atoms with Crippen LogP contribution in [0.1, 0.15) is 34.8 Å². The Morgan fingerprint density at radius 2 is 2.38 bits per heavy atom. The molecule has 3 rings (SSSR count). The summed E-state index contributed by atoms with van der Waals surface area (Å²) in [6.45, 7) is 7.25. The lowest BCUT2D eigenvalue weighted by atomic mass is 10.1. The summed E-state index contributed by atoms with van der Waals surface area (Å²) in [4.78, 5) is 24.4. The van der Waals surface area contributed by atoms with Crippen LogP contribution in [0.5, 0.6) is 0 Å². The Bertz CT molecular complexity index is 609. The Labute approximate surface area is 128 Å². The van der Waals surface area contributed by atoms with Gasteiger partial charge in [0.15, 0.2) is 0 Å². The summed E-state index contributed by atoms with van der Waals surface area (Å²) in [6, 6.07) is 0.134. The number of nitrogens with zero attached hydrogens (tertiary/aromatic N) is 4. The molecule has 1 unspecified atom stereocenters. The summed E-state index contributed by atoms with van der Waals surface area (Å²) in [5.74, 6) is 1.00. The number of imidazole rings is 1. The molecule has 1 aliphatic rings. The zero-order valence-corrected chi connectivity index (χ0v) is 13.1. The maximum atomic E-state index is 12.6. The molecule has 0 aliphatic carbocycles. The molecule has 2 aromatic rings. The van der Waals surface area contributed by atoms with Crippen molar-refractivity contribution in [2.24, 2.45) is 0 Å². The molecule has 6 nitrogen and oxygen atoms in total. The predicted molar refractivity (Wildman–Crippen MR) is 81.3 cm³/mol. The quantitative estimate of drug-likeness (QED) is 0.937. The number of nitrogens with one attached hydrogen (secondary N) is 1. The summed E-state index contributed by atoms with van der Waals surface area (Å²) in [5.41, 5.74) is 1.54. The maximum absolute atomic E-state index is 12.6. The zero-order chi connectivity index (χ0) is 14.8. The summed E-state index contributed by atoms with van der Waals surface area (Å²) in [5, 5.41) is 1.84. The standard InChI is InChI=1S/C14H19N5OS/c1-3-18-6-7-19(8-12(18)13-15-4-5-16-13)14(20)11-9-21-17-10(11)2/h4-5,9,12H,3,6-8H2,1-2H3,(H,15,16). The summed E-state index contributed by atoms with van der Waals surface area (Å²) in [7, 11) is 0. The molecule has 1 fully saturated rings. The van der Waals surface area contributed by atoms with Gasteiger partial charge < -0.3 is 9.88 Å². The van der Waals surface area contributed by atoms with Gasteiger partial charge in [0.2, 0.25) is 0 Å². The number of aryl methyl sites for hydroxylation is 1. The second-order valence-electron chi connectivity index (χ2n) is 5.18. The minimum absolute atomic E-state index is 0.0774. The zero-order valence-electron chi connectivity index (χ0n) is 12.2. The molecule has 0 saturated carbocycles. The molecule has 0 aromatic carbocycles. The first-order valence-corrected chi connectivity index (χ1v) is 7.98. The van der Waals surface area contributed by atoms with Crippen LogP contribution in [-0.2, 0) is 0 Å². The number of hydrogen-bond acceptors (Lipinski definition) is 5. The maximum Gasteiger partial charge on any atom is 0.256 e. The van der Waals surface area contributed by atoms with Gasteiger partial charge in [-0.3, -0.25) is 9.69 Å². The van der Waals surface area contributed by atoms with Crippen LogP contribution >= 0.6 is 11.5 Å². The van der Waals surface area contributed by atoms with E-state index in [9.17, 15) is 4.79 Å². The van der Waals surface area contributed by atoms with Gasteiger partial charge in [0, 0.05) is 37.4 Å². The van der Waals surface area contributed by atoms with Crippen LogP contribution in [0, 0.1) is 6.92 Å². The molecule has 21 heavy (non-hydrogen) atoms. The topological polar surface area (TPSA) is 65.1 Å². The van der Waals surface area contributed by atoms with Crippen LogP contribution in [0.4, 0.5) is 0 Å². The normalized spacial score (nSPS) is 19.9. The highest BCUT2D eigenvalue weighted by Crippen LogP contribution is 2.24. The molecule has 7 heteroatoms. The van der Waals surface area contributed by atoms with E-state index >= 15 is 0 Å². The number of rotatable bonds is 3. The lowest BCUT2D eigenvalue weighted by molar-refractivity contribution is 0.0479. The van der Waals surface area contributed by atoms with E-state index in [4.69, 9.17) is 0 Å². The third kappa shape index (κ3) is 2.71. The molecule has 1 saturated heterocycles. The number of piperazine rings is 1. The average molecular weight is 305 g/mol. The van der Waals surface area contributed by atoms with Crippen LogP contribution in [0.2, 0.25) is 0 Å². The molecular weight excluding hydrogens is 286 g/mol. The smallest absolute Gasteiger partial charge is 0.256 e. The van der Waals surface area contributed by atoms with Crippen molar-refractivity contribution in [1.29, 1.82) is 0 Å². The molecule has 1 amide bonds. The molecule has 1 aliphatic heterocycles. The van der Waals surface area contributed by atoms with E-state index in [1.807, 2.05) is 23.4 Å². The molecule has 0 spiro atoms. The van der Waals surface area contributed by atoms with Crippen molar-refractivity contribution in [3.05, 3.63) is 34.9 Å². The Kier molecular flexibility index (Phi) is 4.03. The first-order chi connectivity index (χ1) is 10.2. The fourth-order valence-electron chi connectivity index (χ4n) is 2.77. The molecule has 0 radical (unpaired) electrons. The Morgan fingerprint density at radius 3 is 3.00 bits per heavy atom. The number of likely N-dealkylation sites (N-methyl/N-ethyl adjacent to an activating group) is 1. The highest BCUT2D eigenvalue weighted by molar-refractivity contribution is 7.03. The van der Waals surface area contributed by atoms with E-state index in [0.717, 1.165) is 36.7 Å². The molecular formula is C14H19N5OS. The van der Waals surface area contributed by atoms with E-state index < -0.39 is 0 Å². The summed E-state index contributed by atoms with van der Waals surface area (Å²) in [6.07, 6.45) is 3.59. The Balaban J connectivity index is 1.80. The number of carbonyl (C=O) groups is 1. The second kappa shape index (κ2) is 5.95. The molecule has 1 N–H and O–H groups in total. The predicted octanol–water partition coefficient (Wildman–Crippen LogP) is 1.69. The molecule has 2 aromatic heterocycles. The van der Waals surface area contributed by atoms with E-state index in [-0.39, 0.29) is 11.9 Å². The summed E-state index contributed by atoms with van der Waals surface area (Å²) >= 11 is 1.34. The van der Waals surface area contributed by atoms with Crippen molar-refractivity contribution in [2.75, 3.05) is 26.2 Å². The van der Waals surface area contributed by atoms with Crippen LogP contribution in [0.3, 0.4) is 0 Å². The molecule has 0 bridgehead atoms.